The first kappa shape index (κ1) is 19.5. The molecule has 3 aromatic carbocycles. The maximum absolute atomic E-state index is 11.9. The average molecular weight is 423 g/mol. The number of halogens is 1. The number of aromatic nitrogens is 1. The summed E-state index contributed by atoms with van der Waals surface area (Å²) in [6.07, 6.45) is 0. The molecule has 0 fully saturated rings. The molecular weight excluding hydrogens is 408 g/mol. The van der Waals surface area contributed by atoms with E-state index in [-0.39, 0.29) is 11.4 Å². The van der Waals surface area contributed by atoms with Gasteiger partial charge in [0.25, 0.3) is 5.69 Å². The molecule has 4 aromatic rings. The topological polar surface area (TPSA) is 94.6 Å². The molecule has 0 bridgehead atoms. The molecule has 30 heavy (non-hydrogen) atoms. The number of hydrogen-bond acceptors (Lipinski definition) is 4. The van der Waals surface area contributed by atoms with E-state index in [0.29, 0.717) is 38.7 Å². The third kappa shape index (κ3) is 3.58. The molecule has 150 valence electrons. The van der Waals surface area contributed by atoms with Crippen molar-refractivity contribution in [1.82, 2.24) is 4.57 Å². The Hall–Kier alpha value is -3.84. The molecule has 1 aromatic heterocycles. The van der Waals surface area contributed by atoms with Gasteiger partial charge in [0.2, 0.25) is 0 Å². The van der Waals surface area contributed by atoms with Crippen LogP contribution in [0.4, 0.5) is 5.69 Å². The summed E-state index contributed by atoms with van der Waals surface area (Å²) in [4.78, 5) is 22.7. The van der Waals surface area contributed by atoms with Crippen molar-refractivity contribution in [3.05, 3.63) is 93.1 Å². The number of carbonyl (C=O) groups is 1. The van der Waals surface area contributed by atoms with Gasteiger partial charge in [-0.2, -0.15) is 0 Å². The SMILES string of the molecule is Cc1ccc(-n2c(C(=O)O)cc3cc(Oc4cccc(Cl)c4)ccc32)cc1[N+](=O)[O-]. The quantitative estimate of drug-likeness (QED) is 0.315. The highest BCUT2D eigenvalue weighted by Gasteiger charge is 2.19. The average Bonchev–Trinajstić information content (AvgIpc) is 3.07. The van der Waals surface area contributed by atoms with Gasteiger partial charge in [0.15, 0.2) is 0 Å². The molecule has 0 aliphatic carbocycles. The van der Waals surface area contributed by atoms with Gasteiger partial charge in [-0.1, -0.05) is 23.7 Å². The molecule has 0 aliphatic rings. The molecular formula is C22H15ClN2O5. The van der Waals surface area contributed by atoms with Crippen LogP contribution < -0.4 is 4.74 Å². The lowest BCUT2D eigenvalue weighted by Crippen LogP contribution is -2.07. The highest BCUT2D eigenvalue weighted by molar-refractivity contribution is 6.30. The van der Waals surface area contributed by atoms with Gasteiger partial charge >= 0.3 is 5.97 Å². The zero-order valence-electron chi connectivity index (χ0n) is 15.7. The molecule has 0 amide bonds. The van der Waals surface area contributed by atoms with E-state index in [9.17, 15) is 20.0 Å². The summed E-state index contributed by atoms with van der Waals surface area (Å²) in [5.41, 5.74) is 1.39. The molecule has 0 aliphatic heterocycles. The van der Waals surface area contributed by atoms with Crippen LogP contribution in [0.5, 0.6) is 11.5 Å². The second-order valence-corrected chi connectivity index (χ2v) is 7.11. The van der Waals surface area contributed by atoms with Crippen molar-refractivity contribution < 1.29 is 19.6 Å². The molecule has 7 nitrogen and oxygen atoms in total. The molecule has 0 atom stereocenters. The van der Waals surface area contributed by atoms with Crippen molar-refractivity contribution in [2.75, 3.05) is 0 Å². The number of nitro benzene ring substituents is 1. The molecule has 1 N–H and O–H groups in total. The third-order valence-electron chi connectivity index (χ3n) is 4.67. The third-order valence-corrected chi connectivity index (χ3v) is 4.91. The van der Waals surface area contributed by atoms with Crippen molar-refractivity contribution in [3.63, 3.8) is 0 Å². The number of ether oxygens (including phenoxy) is 1. The fraction of sp³-hybridized carbons (Fsp3) is 0.0455. The molecule has 1 heterocycles. The Labute approximate surface area is 175 Å². The van der Waals surface area contributed by atoms with Crippen molar-refractivity contribution >= 4 is 34.2 Å². The van der Waals surface area contributed by atoms with E-state index in [2.05, 4.69) is 0 Å². The maximum atomic E-state index is 11.9. The largest absolute Gasteiger partial charge is 0.477 e. The van der Waals surface area contributed by atoms with E-state index < -0.39 is 10.9 Å². The van der Waals surface area contributed by atoms with Crippen LogP contribution in [0.25, 0.3) is 16.6 Å². The fourth-order valence-electron chi connectivity index (χ4n) is 3.29. The summed E-state index contributed by atoms with van der Waals surface area (Å²) in [5.74, 6) is -0.0885. The molecule has 0 unspecified atom stereocenters. The molecule has 0 saturated heterocycles. The minimum absolute atomic E-state index is 0.0111. The summed E-state index contributed by atoms with van der Waals surface area (Å²) in [5, 5.41) is 22.2. The van der Waals surface area contributed by atoms with E-state index >= 15 is 0 Å². The number of aromatic carboxylic acids is 1. The number of aryl methyl sites for hydroxylation is 1. The summed E-state index contributed by atoms with van der Waals surface area (Å²) < 4.78 is 7.30. The van der Waals surface area contributed by atoms with Gasteiger partial charge in [0, 0.05) is 22.0 Å². The summed E-state index contributed by atoms with van der Waals surface area (Å²) >= 11 is 5.98. The van der Waals surface area contributed by atoms with E-state index in [0.717, 1.165) is 0 Å². The first-order valence-electron chi connectivity index (χ1n) is 8.91. The highest BCUT2D eigenvalue weighted by atomic mass is 35.5. The van der Waals surface area contributed by atoms with Gasteiger partial charge in [0.05, 0.1) is 16.1 Å². The van der Waals surface area contributed by atoms with Crippen LogP contribution in [-0.2, 0) is 0 Å². The van der Waals surface area contributed by atoms with Gasteiger partial charge in [-0.05, 0) is 55.5 Å². The lowest BCUT2D eigenvalue weighted by molar-refractivity contribution is -0.385. The molecule has 8 heteroatoms. The number of carboxylic acid groups (broad SMARTS) is 1. The van der Waals surface area contributed by atoms with Gasteiger partial charge in [0.1, 0.15) is 17.2 Å². The van der Waals surface area contributed by atoms with Crippen molar-refractivity contribution in [1.29, 1.82) is 0 Å². The Kier molecular flexibility index (Phi) is 4.89. The van der Waals surface area contributed by atoms with Crippen LogP contribution in [0.3, 0.4) is 0 Å². The number of fused-ring (bicyclic) bond motifs is 1. The summed E-state index contributed by atoms with van der Waals surface area (Å²) in [7, 11) is 0. The zero-order chi connectivity index (χ0) is 21.4. The van der Waals surface area contributed by atoms with Crippen molar-refractivity contribution in [2.45, 2.75) is 6.92 Å². The highest BCUT2D eigenvalue weighted by Crippen LogP contribution is 2.32. The standard InChI is InChI=1S/C22H15ClN2O5/c1-13-5-6-16(12-20(13)25(28)29)24-19-8-7-18(9-14(19)10-21(24)22(26)27)30-17-4-2-3-15(23)11-17/h2-12H,1H3,(H,26,27). The first-order chi connectivity index (χ1) is 14.3. The van der Waals surface area contributed by atoms with Crippen LogP contribution in [0.2, 0.25) is 5.02 Å². The lowest BCUT2D eigenvalue weighted by atomic mass is 10.1. The number of nitrogens with zero attached hydrogens (tertiary/aromatic N) is 2. The second-order valence-electron chi connectivity index (χ2n) is 6.68. The van der Waals surface area contributed by atoms with Gasteiger partial charge < -0.3 is 14.4 Å². The number of benzene rings is 3. The Bertz CT molecular complexity index is 1310. The lowest BCUT2D eigenvalue weighted by Gasteiger charge is -2.10. The molecule has 0 spiro atoms. The Morgan fingerprint density at radius 2 is 1.83 bits per heavy atom. The van der Waals surface area contributed by atoms with Crippen LogP contribution >= 0.6 is 11.6 Å². The van der Waals surface area contributed by atoms with Gasteiger partial charge in [-0.25, -0.2) is 4.79 Å². The first-order valence-corrected chi connectivity index (χ1v) is 9.29. The Balaban J connectivity index is 1.84. The zero-order valence-corrected chi connectivity index (χ0v) is 16.5. The van der Waals surface area contributed by atoms with Crippen LogP contribution in [0, 0.1) is 17.0 Å². The minimum atomic E-state index is -1.15. The number of hydrogen-bond donors (Lipinski definition) is 1. The fourth-order valence-corrected chi connectivity index (χ4v) is 3.47. The Morgan fingerprint density at radius 3 is 2.53 bits per heavy atom. The van der Waals surface area contributed by atoms with E-state index in [1.807, 2.05) is 0 Å². The van der Waals surface area contributed by atoms with Crippen LogP contribution in [0.1, 0.15) is 16.1 Å². The molecule has 4 rings (SSSR count). The smallest absolute Gasteiger partial charge is 0.352 e. The monoisotopic (exact) mass is 422 g/mol. The molecule has 0 saturated carbocycles. The molecule has 0 radical (unpaired) electrons. The summed E-state index contributed by atoms with van der Waals surface area (Å²) in [6, 6.07) is 18.2. The number of carboxylic acids is 1. The summed E-state index contributed by atoms with van der Waals surface area (Å²) in [6.45, 7) is 1.63. The van der Waals surface area contributed by atoms with Crippen molar-refractivity contribution in [3.8, 4) is 17.2 Å². The van der Waals surface area contributed by atoms with Crippen LogP contribution in [-0.4, -0.2) is 20.6 Å². The number of rotatable bonds is 5. The van der Waals surface area contributed by atoms with E-state index in [4.69, 9.17) is 16.3 Å². The van der Waals surface area contributed by atoms with Gasteiger partial charge in [-0.3, -0.25) is 10.1 Å². The predicted molar refractivity (Wildman–Crippen MR) is 113 cm³/mol. The van der Waals surface area contributed by atoms with Crippen molar-refractivity contribution in [2.24, 2.45) is 0 Å². The number of nitro groups is 1. The predicted octanol–water partition coefficient (Wildman–Crippen LogP) is 5.99. The maximum Gasteiger partial charge on any atom is 0.352 e. The van der Waals surface area contributed by atoms with Gasteiger partial charge in [-0.15, -0.1) is 0 Å². The normalized spacial score (nSPS) is 10.9. The second kappa shape index (κ2) is 7.53. The van der Waals surface area contributed by atoms with E-state index in [1.54, 1.807) is 61.5 Å². The van der Waals surface area contributed by atoms with E-state index in [1.165, 1.54) is 16.7 Å². The minimum Gasteiger partial charge on any atom is -0.477 e. The Morgan fingerprint density at radius 1 is 1.07 bits per heavy atom. The van der Waals surface area contributed by atoms with Crippen LogP contribution in [0.15, 0.2) is 66.7 Å².